The van der Waals surface area contributed by atoms with Gasteiger partial charge in [-0.3, -0.25) is 4.79 Å². The molecule has 0 radical (unpaired) electrons. The number of carbonyl (C=O) groups is 1. The number of hydrogen-bond donors (Lipinski definition) is 1. The molecular weight excluding hydrogens is 260 g/mol. The molecule has 0 spiro atoms. The number of aromatic amines is 1. The number of ketones is 1. The molecule has 0 unspecified atom stereocenters. The Balaban J connectivity index is 2.11. The average Bonchev–Trinajstić information content (AvgIpc) is 2.85. The number of benzene rings is 1. The second-order valence-electron chi connectivity index (χ2n) is 4.40. The zero-order valence-corrected chi connectivity index (χ0v) is 11.0. The van der Waals surface area contributed by atoms with Crippen molar-refractivity contribution < 1.29 is 4.79 Å². The van der Waals surface area contributed by atoms with E-state index in [1.165, 1.54) is 0 Å². The van der Waals surface area contributed by atoms with Crippen LogP contribution < -0.4 is 0 Å². The number of pyridine rings is 1. The first-order valence-corrected chi connectivity index (χ1v) is 6.27. The van der Waals surface area contributed by atoms with Gasteiger partial charge in [-0.05, 0) is 42.8 Å². The molecule has 2 heterocycles. The van der Waals surface area contributed by atoms with Crippen LogP contribution in [0.2, 0.25) is 5.02 Å². The highest BCUT2D eigenvalue weighted by Crippen LogP contribution is 2.22. The second kappa shape index (κ2) is 4.52. The summed E-state index contributed by atoms with van der Waals surface area (Å²) in [6, 6.07) is 9.00. The van der Waals surface area contributed by atoms with Gasteiger partial charge >= 0.3 is 0 Å². The van der Waals surface area contributed by atoms with Crippen LogP contribution in [0, 0.1) is 6.92 Å². The fourth-order valence-electron chi connectivity index (χ4n) is 2.09. The van der Waals surface area contributed by atoms with E-state index in [0.717, 1.165) is 16.6 Å². The topological polar surface area (TPSA) is 45.8 Å². The highest BCUT2D eigenvalue weighted by molar-refractivity contribution is 6.31. The van der Waals surface area contributed by atoms with Gasteiger partial charge in [-0.1, -0.05) is 11.6 Å². The Bertz CT molecular complexity index is 777. The van der Waals surface area contributed by atoms with Crippen molar-refractivity contribution in [1.29, 1.82) is 0 Å². The molecule has 1 N–H and O–H groups in total. The maximum atomic E-state index is 12.5. The fourth-order valence-corrected chi connectivity index (χ4v) is 2.20. The number of hydrogen-bond acceptors (Lipinski definition) is 2. The summed E-state index contributed by atoms with van der Waals surface area (Å²) in [4.78, 5) is 19.7. The molecule has 3 aromatic rings. The van der Waals surface area contributed by atoms with E-state index in [0.29, 0.717) is 16.1 Å². The van der Waals surface area contributed by atoms with Gasteiger partial charge in [0.1, 0.15) is 5.65 Å². The van der Waals surface area contributed by atoms with Gasteiger partial charge in [0.25, 0.3) is 0 Å². The Kier molecular flexibility index (Phi) is 2.84. The van der Waals surface area contributed by atoms with E-state index < -0.39 is 0 Å². The summed E-state index contributed by atoms with van der Waals surface area (Å²) < 4.78 is 0. The van der Waals surface area contributed by atoms with Crippen molar-refractivity contribution >= 4 is 28.4 Å². The lowest BCUT2D eigenvalue weighted by Crippen LogP contribution is -2.00. The summed E-state index contributed by atoms with van der Waals surface area (Å²) in [5.41, 5.74) is 2.87. The summed E-state index contributed by atoms with van der Waals surface area (Å²) in [5.74, 6) is -0.0287. The van der Waals surface area contributed by atoms with Crippen LogP contribution >= 0.6 is 11.6 Å². The first-order valence-electron chi connectivity index (χ1n) is 5.90. The number of nitrogens with zero attached hydrogens (tertiary/aromatic N) is 1. The van der Waals surface area contributed by atoms with Gasteiger partial charge in [0.05, 0.1) is 0 Å². The van der Waals surface area contributed by atoms with Crippen LogP contribution in [0.4, 0.5) is 0 Å². The number of aromatic nitrogens is 2. The molecule has 4 heteroatoms. The van der Waals surface area contributed by atoms with Gasteiger partial charge in [-0.25, -0.2) is 4.98 Å². The Morgan fingerprint density at radius 2 is 2.16 bits per heavy atom. The number of H-pyrrole nitrogens is 1. The maximum absolute atomic E-state index is 12.5. The predicted octanol–water partition coefficient (Wildman–Crippen LogP) is 3.76. The molecule has 0 aliphatic rings. The fraction of sp³-hybridized carbons (Fsp3) is 0.0667. The molecule has 94 valence electrons. The minimum Gasteiger partial charge on any atom is -0.345 e. The van der Waals surface area contributed by atoms with Gasteiger partial charge in [-0.15, -0.1) is 0 Å². The lowest BCUT2D eigenvalue weighted by molar-refractivity contribution is 0.104. The summed E-state index contributed by atoms with van der Waals surface area (Å²) in [6.07, 6.45) is 3.39. The van der Waals surface area contributed by atoms with Gasteiger partial charge < -0.3 is 4.98 Å². The van der Waals surface area contributed by atoms with Crippen molar-refractivity contribution in [3.63, 3.8) is 0 Å². The monoisotopic (exact) mass is 270 g/mol. The minimum absolute atomic E-state index is 0.0287. The molecule has 2 aromatic heterocycles. The lowest BCUT2D eigenvalue weighted by Gasteiger charge is -2.02. The SMILES string of the molecule is Cc1cc(C(=O)c2c[nH]c3ncccc23)ccc1Cl. The summed E-state index contributed by atoms with van der Waals surface area (Å²) in [5, 5.41) is 1.50. The maximum Gasteiger partial charge on any atom is 0.195 e. The molecule has 0 saturated heterocycles. The first kappa shape index (κ1) is 11.9. The number of halogens is 1. The van der Waals surface area contributed by atoms with Crippen LogP contribution in [-0.2, 0) is 0 Å². The van der Waals surface area contributed by atoms with E-state index in [4.69, 9.17) is 11.6 Å². The van der Waals surface area contributed by atoms with Gasteiger partial charge in [0, 0.05) is 33.9 Å². The van der Waals surface area contributed by atoms with Crippen LogP contribution in [0.5, 0.6) is 0 Å². The molecule has 0 aliphatic carbocycles. The third-order valence-electron chi connectivity index (χ3n) is 3.12. The van der Waals surface area contributed by atoms with E-state index in [9.17, 15) is 4.79 Å². The molecular formula is C15H11ClN2O. The Morgan fingerprint density at radius 3 is 2.95 bits per heavy atom. The van der Waals surface area contributed by atoms with Crippen LogP contribution in [0.3, 0.4) is 0 Å². The molecule has 0 aliphatic heterocycles. The molecule has 3 nitrogen and oxygen atoms in total. The van der Waals surface area contributed by atoms with E-state index in [1.807, 2.05) is 19.1 Å². The van der Waals surface area contributed by atoms with E-state index in [1.54, 1.807) is 30.6 Å². The average molecular weight is 271 g/mol. The number of fused-ring (bicyclic) bond motifs is 1. The Labute approximate surface area is 115 Å². The van der Waals surface area contributed by atoms with Crippen LogP contribution in [0.15, 0.2) is 42.7 Å². The molecule has 3 rings (SSSR count). The minimum atomic E-state index is -0.0287. The smallest absolute Gasteiger partial charge is 0.195 e. The van der Waals surface area contributed by atoms with Gasteiger partial charge in [0.2, 0.25) is 0 Å². The zero-order chi connectivity index (χ0) is 13.4. The van der Waals surface area contributed by atoms with E-state index >= 15 is 0 Å². The Hall–Kier alpha value is -2.13. The highest BCUT2D eigenvalue weighted by atomic mass is 35.5. The summed E-state index contributed by atoms with van der Waals surface area (Å²) >= 11 is 5.98. The van der Waals surface area contributed by atoms with Crippen molar-refractivity contribution in [2.45, 2.75) is 6.92 Å². The van der Waals surface area contributed by atoms with Crippen LogP contribution in [0.25, 0.3) is 11.0 Å². The predicted molar refractivity (Wildman–Crippen MR) is 75.7 cm³/mol. The van der Waals surface area contributed by atoms with Crippen molar-refractivity contribution in [3.05, 3.63) is 64.4 Å². The molecule has 0 atom stereocenters. The molecule has 0 bridgehead atoms. The number of carbonyl (C=O) groups excluding carboxylic acids is 1. The number of aryl methyl sites for hydroxylation is 1. The second-order valence-corrected chi connectivity index (χ2v) is 4.80. The van der Waals surface area contributed by atoms with Crippen molar-refractivity contribution in [3.8, 4) is 0 Å². The highest BCUT2D eigenvalue weighted by Gasteiger charge is 2.15. The summed E-state index contributed by atoms with van der Waals surface area (Å²) in [7, 11) is 0. The van der Waals surface area contributed by atoms with Crippen molar-refractivity contribution in [2.24, 2.45) is 0 Å². The number of nitrogens with one attached hydrogen (secondary N) is 1. The standard InChI is InChI=1S/C15H11ClN2O/c1-9-7-10(4-5-13(9)16)14(19)12-8-18-15-11(12)3-2-6-17-15/h2-8H,1H3,(H,17,18). The van der Waals surface area contributed by atoms with Crippen LogP contribution in [0.1, 0.15) is 21.5 Å². The third kappa shape index (κ3) is 2.02. The van der Waals surface area contributed by atoms with Gasteiger partial charge in [-0.2, -0.15) is 0 Å². The van der Waals surface area contributed by atoms with Crippen LogP contribution in [-0.4, -0.2) is 15.8 Å². The van der Waals surface area contributed by atoms with Crippen molar-refractivity contribution in [1.82, 2.24) is 9.97 Å². The lowest BCUT2D eigenvalue weighted by atomic mass is 10.0. The summed E-state index contributed by atoms with van der Waals surface area (Å²) in [6.45, 7) is 1.88. The quantitative estimate of drug-likeness (QED) is 0.721. The number of rotatable bonds is 2. The molecule has 19 heavy (non-hydrogen) atoms. The first-order chi connectivity index (χ1) is 9.16. The van der Waals surface area contributed by atoms with Gasteiger partial charge in [0.15, 0.2) is 5.78 Å². The molecule has 0 saturated carbocycles. The van der Waals surface area contributed by atoms with E-state index in [2.05, 4.69) is 9.97 Å². The normalized spacial score (nSPS) is 10.8. The largest absolute Gasteiger partial charge is 0.345 e. The van der Waals surface area contributed by atoms with Crippen molar-refractivity contribution in [2.75, 3.05) is 0 Å². The molecule has 0 fully saturated rings. The zero-order valence-electron chi connectivity index (χ0n) is 10.3. The van der Waals surface area contributed by atoms with E-state index in [-0.39, 0.29) is 5.78 Å². The molecule has 0 amide bonds. The molecule has 1 aromatic carbocycles. The Morgan fingerprint density at radius 1 is 1.32 bits per heavy atom. The third-order valence-corrected chi connectivity index (χ3v) is 3.54.